The Kier molecular flexibility index (Phi) is 4.03. The van der Waals surface area contributed by atoms with E-state index in [0.29, 0.717) is 0 Å². The van der Waals surface area contributed by atoms with Gasteiger partial charge in [-0.3, -0.25) is 9.58 Å². The van der Waals surface area contributed by atoms with Crippen LogP contribution in [0.5, 0.6) is 0 Å². The van der Waals surface area contributed by atoms with Crippen molar-refractivity contribution in [2.75, 3.05) is 36.8 Å². The van der Waals surface area contributed by atoms with Crippen molar-refractivity contribution in [3.05, 3.63) is 41.0 Å². The highest BCUT2D eigenvalue weighted by Crippen LogP contribution is 2.21. The van der Waals surface area contributed by atoms with Gasteiger partial charge in [-0.2, -0.15) is 5.10 Å². The monoisotopic (exact) mass is 305 g/mol. The molecule has 5 nitrogen and oxygen atoms in total. The minimum Gasteiger partial charge on any atom is -0.384 e. The molecule has 1 saturated heterocycles. The Morgan fingerprint density at radius 2 is 2.00 bits per heavy atom. The molecule has 0 spiro atoms. The van der Waals surface area contributed by atoms with Crippen molar-refractivity contribution in [3.8, 4) is 0 Å². The number of hydrogen-bond donors (Lipinski definition) is 1. The molecule has 21 heavy (non-hydrogen) atoms. The van der Waals surface area contributed by atoms with Gasteiger partial charge in [0, 0.05) is 56.0 Å². The summed E-state index contributed by atoms with van der Waals surface area (Å²) in [5, 5.41) is 4.98. The molecule has 1 aliphatic rings. The van der Waals surface area contributed by atoms with Gasteiger partial charge >= 0.3 is 0 Å². The quantitative estimate of drug-likeness (QED) is 0.942. The predicted octanol–water partition coefficient (Wildman–Crippen LogP) is 1.98. The first kappa shape index (κ1) is 14.2. The average Bonchev–Trinajstić information content (AvgIpc) is 2.80. The van der Waals surface area contributed by atoms with Crippen LogP contribution < -0.4 is 10.6 Å². The van der Waals surface area contributed by atoms with E-state index >= 15 is 0 Å². The third-order valence-electron chi connectivity index (χ3n) is 4.00. The molecule has 1 aromatic carbocycles. The number of aryl methyl sites for hydroxylation is 1. The molecule has 2 heterocycles. The van der Waals surface area contributed by atoms with E-state index in [9.17, 15) is 0 Å². The SMILES string of the molecule is Cn1ncc(CN2CCN(c3cccc(Cl)c3)CC2)c1N. The highest BCUT2D eigenvalue weighted by atomic mass is 35.5. The van der Waals surface area contributed by atoms with E-state index in [1.807, 2.05) is 31.4 Å². The Morgan fingerprint density at radius 1 is 1.24 bits per heavy atom. The summed E-state index contributed by atoms with van der Waals surface area (Å²) in [6, 6.07) is 8.05. The van der Waals surface area contributed by atoms with Crippen LogP contribution in [0.15, 0.2) is 30.5 Å². The number of halogens is 1. The van der Waals surface area contributed by atoms with E-state index in [2.05, 4.69) is 21.0 Å². The summed E-state index contributed by atoms with van der Waals surface area (Å²) >= 11 is 6.06. The lowest BCUT2D eigenvalue weighted by Gasteiger charge is -2.36. The van der Waals surface area contributed by atoms with Crippen LogP contribution >= 0.6 is 11.6 Å². The van der Waals surface area contributed by atoms with Crippen molar-refractivity contribution in [2.45, 2.75) is 6.54 Å². The lowest BCUT2D eigenvalue weighted by molar-refractivity contribution is 0.250. The van der Waals surface area contributed by atoms with Crippen LogP contribution in [0.2, 0.25) is 5.02 Å². The van der Waals surface area contributed by atoms with Gasteiger partial charge in [-0.05, 0) is 18.2 Å². The normalized spacial score (nSPS) is 16.4. The van der Waals surface area contributed by atoms with Gasteiger partial charge in [0.1, 0.15) is 5.82 Å². The lowest BCUT2D eigenvalue weighted by Crippen LogP contribution is -2.46. The molecule has 2 aromatic rings. The van der Waals surface area contributed by atoms with E-state index < -0.39 is 0 Å². The van der Waals surface area contributed by atoms with E-state index in [1.165, 1.54) is 5.69 Å². The molecule has 1 fully saturated rings. The molecule has 0 saturated carbocycles. The maximum Gasteiger partial charge on any atom is 0.125 e. The van der Waals surface area contributed by atoms with Gasteiger partial charge in [0.2, 0.25) is 0 Å². The first-order chi connectivity index (χ1) is 10.1. The number of nitrogens with zero attached hydrogens (tertiary/aromatic N) is 4. The summed E-state index contributed by atoms with van der Waals surface area (Å²) < 4.78 is 1.72. The molecule has 0 aliphatic carbocycles. The van der Waals surface area contributed by atoms with Crippen LogP contribution in [0.4, 0.5) is 11.5 Å². The van der Waals surface area contributed by atoms with Gasteiger partial charge in [-0.25, -0.2) is 0 Å². The van der Waals surface area contributed by atoms with Crippen LogP contribution in [0, 0.1) is 0 Å². The largest absolute Gasteiger partial charge is 0.384 e. The molecule has 112 valence electrons. The van der Waals surface area contributed by atoms with Gasteiger partial charge in [0.05, 0.1) is 6.20 Å². The smallest absolute Gasteiger partial charge is 0.125 e. The molecule has 3 rings (SSSR count). The summed E-state index contributed by atoms with van der Waals surface area (Å²) in [5.74, 6) is 0.757. The molecule has 0 amide bonds. The molecule has 1 aliphatic heterocycles. The fraction of sp³-hybridized carbons (Fsp3) is 0.400. The summed E-state index contributed by atoms with van der Waals surface area (Å²) in [6.45, 7) is 4.89. The second kappa shape index (κ2) is 5.95. The molecule has 0 radical (unpaired) electrons. The molecule has 1 aromatic heterocycles. The highest BCUT2D eigenvalue weighted by molar-refractivity contribution is 6.30. The Labute approximate surface area is 129 Å². The van der Waals surface area contributed by atoms with Crippen molar-refractivity contribution < 1.29 is 0 Å². The van der Waals surface area contributed by atoms with Crippen LogP contribution in [-0.4, -0.2) is 40.9 Å². The van der Waals surface area contributed by atoms with E-state index in [1.54, 1.807) is 4.68 Å². The topological polar surface area (TPSA) is 50.3 Å². The number of nitrogen functional groups attached to an aromatic ring is 1. The standard InChI is InChI=1S/C15H20ClN5/c1-19-15(17)12(10-18-19)11-20-5-7-21(8-6-20)14-4-2-3-13(16)9-14/h2-4,9-10H,5-8,11,17H2,1H3. The number of anilines is 2. The Morgan fingerprint density at radius 3 is 2.62 bits per heavy atom. The number of hydrogen-bond acceptors (Lipinski definition) is 4. The average molecular weight is 306 g/mol. The van der Waals surface area contributed by atoms with Crippen LogP contribution in [0.3, 0.4) is 0 Å². The highest BCUT2D eigenvalue weighted by Gasteiger charge is 2.19. The van der Waals surface area contributed by atoms with E-state index in [-0.39, 0.29) is 0 Å². The molecule has 0 bridgehead atoms. The number of benzene rings is 1. The van der Waals surface area contributed by atoms with Gasteiger partial charge in [-0.15, -0.1) is 0 Å². The summed E-state index contributed by atoms with van der Waals surface area (Å²) in [5.41, 5.74) is 8.31. The zero-order chi connectivity index (χ0) is 14.8. The van der Waals surface area contributed by atoms with Crippen LogP contribution in [0.1, 0.15) is 5.56 Å². The van der Waals surface area contributed by atoms with Gasteiger partial charge in [-0.1, -0.05) is 17.7 Å². The van der Waals surface area contributed by atoms with E-state index in [4.69, 9.17) is 17.3 Å². The minimum atomic E-state index is 0.757. The number of rotatable bonds is 3. The zero-order valence-electron chi connectivity index (χ0n) is 12.2. The van der Waals surface area contributed by atoms with Crippen LogP contribution in [0.25, 0.3) is 0 Å². The molecule has 2 N–H and O–H groups in total. The van der Waals surface area contributed by atoms with Gasteiger partial charge in [0.15, 0.2) is 0 Å². The van der Waals surface area contributed by atoms with Gasteiger partial charge in [0.25, 0.3) is 0 Å². The molecular weight excluding hydrogens is 286 g/mol. The third kappa shape index (κ3) is 3.14. The predicted molar refractivity (Wildman–Crippen MR) is 86.6 cm³/mol. The first-order valence-corrected chi connectivity index (χ1v) is 7.50. The van der Waals surface area contributed by atoms with Crippen LogP contribution in [-0.2, 0) is 13.6 Å². The number of nitrogens with two attached hydrogens (primary N) is 1. The molecular formula is C15H20ClN5. The second-order valence-electron chi connectivity index (χ2n) is 5.42. The summed E-state index contributed by atoms with van der Waals surface area (Å²) in [4.78, 5) is 4.78. The fourth-order valence-electron chi connectivity index (χ4n) is 2.69. The Hall–Kier alpha value is -1.72. The zero-order valence-corrected chi connectivity index (χ0v) is 12.9. The van der Waals surface area contributed by atoms with Gasteiger partial charge < -0.3 is 10.6 Å². The maximum atomic E-state index is 6.06. The third-order valence-corrected chi connectivity index (χ3v) is 4.24. The Balaban J connectivity index is 1.59. The lowest BCUT2D eigenvalue weighted by atomic mass is 10.2. The van der Waals surface area contributed by atoms with Crippen molar-refractivity contribution in [3.63, 3.8) is 0 Å². The second-order valence-corrected chi connectivity index (χ2v) is 5.86. The van der Waals surface area contributed by atoms with Crippen molar-refractivity contribution >= 4 is 23.1 Å². The summed E-state index contributed by atoms with van der Waals surface area (Å²) in [7, 11) is 1.87. The minimum absolute atomic E-state index is 0.757. The molecule has 0 atom stereocenters. The molecule has 0 unspecified atom stereocenters. The van der Waals surface area contributed by atoms with Crippen molar-refractivity contribution in [1.82, 2.24) is 14.7 Å². The Bertz CT molecular complexity index is 616. The number of aromatic nitrogens is 2. The number of piperazine rings is 1. The molecule has 6 heteroatoms. The maximum absolute atomic E-state index is 6.06. The van der Waals surface area contributed by atoms with Crippen molar-refractivity contribution in [2.24, 2.45) is 7.05 Å². The first-order valence-electron chi connectivity index (χ1n) is 7.13. The summed E-state index contributed by atoms with van der Waals surface area (Å²) in [6.07, 6.45) is 1.86. The van der Waals surface area contributed by atoms with E-state index in [0.717, 1.165) is 49.1 Å². The van der Waals surface area contributed by atoms with Crippen molar-refractivity contribution in [1.29, 1.82) is 0 Å². The fourth-order valence-corrected chi connectivity index (χ4v) is 2.88.